The third-order valence-corrected chi connectivity index (χ3v) is 3.20. The van der Waals surface area contributed by atoms with E-state index in [1.54, 1.807) is 6.08 Å². The van der Waals surface area contributed by atoms with Gasteiger partial charge in [-0.2, -0.15) is 0 Å². The molecular weight excluding hydrogens is 226 g/mol. The standard InChI is InChI=1S/C15H21NO2/c1-2-10-18-15-8-4-3-6-13(15)11-16-9-5-7-14(17)12-16/h2-4,6,8,14,17H,1,5,7,9-12H2. The summed E-state index contributed by atoms with van der Waals surface area (Å²) in [5.74, 6) is 0.914. The summed E-state index contributed by atoms with van der Waals surface area (Å²) in [6.45, 7) is 6.84. The van der Waals surface area contributed by atoms with Crippen molar-refractivity contribution in [2.75, 3.05) is 19.7 Å². The summed E-state index contributed by atoms with van der Waals surface area (Å²) in [6, 6.07) is 8.07. The molecule has 1 unspecified atom stereocenters. The lowest BCUT2D eigenvalue weighted by molar-refractivity contribution is 0.0663. The number of para-hydroxylation sites is 1. The van der Waals surface area contributed by atoms with Crippen molar-refractivity contribution in [2.24, 2.45) is 0 Å². The molecule has 98 valence electrons. The van der Waals surface area contributed by atoms with Gasteiger partial charge in [0.1, 0.15) is 12.4 Å². The number of hydrogen-bond donors (Lipinski definition) is 1. The Morgan fingerprint density at radius 1 is 1.44 bits per heavy atom. The SMILES string of the molecule is C=CCOc1ccccc1CN1CCCC(O)C1. The van der Waals surface area contributed by atoms with E-state index in [-0.39, 0.29) is 6.10 Å². The number of benzene rings is 1. The molecule has 1 heterocycles. The molecule has 1 N–H and O–H groups in total. The quantitative estimate of drug-likeness (QED) is 0.810. The van der Waals surface area contributed by atoms with E-state index in [4.69, 9.17) is 4.74 Å². The van der Waals surface area contributed by atoms with Gasteiger partial charge in [0.05, 0.1) is 6.10 Å². The van der Waals surface area contributed by atoms with E-state index < -0.39 is 0 Å². The summed E-state index contributed by atoms with van der Waals surface area (Å²) < 4.78 is 5.65. The molecule has 18 heavy (non-hydrogen) atoms. The lowest BCUT2D eigenvalue weighted by Gasteiger charge is -2.30. The fourth-order valence-corrected chi connectivity index (χ4v) is 2.34. The maximum absolute atomic E-state index is 9.68. The first kappa shape index (κ1) is 13.1. The Morgan fingerprint density at radius 3 is 3.06 bits per heavy atom. The fraction of sp³-hybridized carbons (Fsp3) is 0.467. The van der Waals surface area contributed by atoms with Gasteiger partial charge in [-0.1, -0.05) is 30.9 Å². The van der Waals surface area contributed by atoms with Crippen LogP contribution >= 0.6 is 0 Å². The topological polar surface area (TPSA) is 32.7 Å². The monoisotopic (exact) mass is 247 g/mol. The van der Waals surface area contributed by atoms with Crippen LogP contribution in [0.1, 0.15) is 18.4 Å². The molecular formula is C15H21NO2. The Morgan fingerprint density at radius 2 is 2.28 bits per heavy atom. The summed E-state index contributed by atoms with van der Waals surface area (Å²) in [7, 11) is 0. The van der Waals surface area contributed by atoms with Gasteiger partial charge in [0.25, 0.3) is 0 Å². The van der Waals surface area contributed by atoms with Crippen LogP contribution in [0.2, 0.25) is 0 Å². The van der Waals surface area contributed by atoms with Gasteiger partial charge in [0.15, 0.2) is 0 Å². The zero-order valence-corrected chi connectivity index (χ0v) is 10.7. The van der Waals surface area contributed by atoms with E-state index in [1.807, 2.05) is 18.2 Å². The summed E-state index contributed by atoms with van der Waals surface area (Å²) in [4.78, 5) is 2.28. The number of aliphatic hydroxyl groups excluding tert-OH is 1. The van der Waals surface area contributed by atoms with E-state index in [0.29, 0.717) is 6.61 Å². The normalized spacial score (nSPS) is 20.6. The van der Waals surface area contributed by atoms with Crippen molar-refractivity contribution in [3.63, 3.8) is 0 Å². The molecule has 1 aliphatic rings. The zero-order valence-electron chi connectivity index (χ0n) is 10.7. The van der Waals surface area contributed by atoms with Crippen molar-refractivity contribution >= 4 is 0 Å². The molecule has 0 bridgehead atoms. The van der Waals surface area contributed by atoms with E-state index in [9.17, 15) is 5.11 Å². The van der Waals surface area contributed by atoms with Crippen molar-refractivity contribution in [1.29, 1.82) is 0 Å². The molecule has 0 radical (unpaired) electrons. The average molecular weight is 247 g/mol. The smallest absolute Gasteiger partial charge is 0.124 e. The first-order chi connectivity index (χ1) is 8.79. The third kappa shape index (κ3) is 3.59. The highest BCUT2D eigenvalue weighted by Crippen LogP contribution is 2.21. The second-order valence-corrected chi connectivity index (χ2v) is 4.74. The molecule has 3 nitrogen and oxygen atoms in total. The lowest BCUT2D eigenvalue weighted by atomic mass is 10.1. The van der Waals surface area contributed by atoms with Gasteiger partial charge < -0.3 is 9.84 Å². The zero-order chi connectivity index (χ0) is 12.8. The molecule has 1 aromatic rings. The molecule has 0 saturated carbocycles. The predicted octanol–water partition coefficient (Wildman–Crippen LogP) is 2.21. The molecule has 1 atom stereocenters. The second-order valence-electron chi connectivity index (χ2n) is 4.74. The number of β-amino-alcohol motifs (C(OH)–C–C–N with tert-alkyl or cyclic N) is 1. The molecule has 1 saturated heterocycles. The van der Waals surface area contributed by atoms with Crippen LogP contribution in [0.25, 0.3) is 0 Å². The fourth-order valence-electron chi connectivity index (χ4n) is 2.34. The van der Waals surface area contributed by atoms with Crippen molar-refractivity contribution in [3.05, 3.63) is 42.5 Å². The minimum atomic E-state index is -0.181. The number of hydrogen-bond acceptors (Lipinski definition) is 3. The minimum Gasteiger partial charge on any atom is -0.489 e. The summed E-state index contributed by atoms with van der Waals surface area (Å²) in [6.07, 6.45) is 3.56. The Balaban J connectivity index is 2.01. The van der Waals surface area contributed by atoms with Crippen LogP contribution in [0.15, 0.2) is 36.9 Å². The highest BCUT2D eigenvalue weighted by molar-refractivity contribution is 5.33. The molecule has 1 fully saturated rings. The van der Waals surface area contributed by atoms with Crippen LogP contribution in [0.4, 0.5) is 0 Å². The maximum atomic E-state index is 9.68. The summed E-state index contributed by atoms with van der Waals surface area (Å²) >= 11 is 0. The lowest BCUT2D eigenvalue weighted by Crippen LogP contribution is -2.37. The highest BCUT2D eigenvalue weighted by atomic mass is 16.5. The Kier molecular flexibility index (Phi) is 4.79. The number of aliphatic hydroxyl groups is 1. The molecule has 0 spiro atoms. The highest BCUT2D eigenvalue weighted by Gasteiger charge is 2.18. The van der Waals surface area contributed by atoms with Gasteiger partial charge in [-0.15, -0.1) is 0 Å². The minimum absolute atomic E-state index is 0.181. The average Bonchev–Trinajstić information content (AvgIpc) is 2.38. The van der Waals surface area contributed by atoms with Crippen LogP contribution in [0.5, 0.6) is 5.75 Å². The van der Waals surface area contributed by atoms with E-state index >= 15 is 0 Å². The number of likely N-dealkylation sites (tertiary alicyclic amines) is 1. The van der Waals surface area contributed by atoms with Crippen molar-refractivity contribution in [2.45, 2.75) is 25.5 Å². The number of ether oxygens (including phenoxy) is 1. The Hall–Kier alpha value is -1.32. The van der Waals surface area contributed by atoms with Gasteiger partial charge in [-0.25, -0.2) is 0 Å². The molecule has 2 rings (SSSR count). The Bertz CT molecular complexity index is 392. The number of nitrogens with zero attached hydrogens (tertiary/aromatic N) is 1. The van der Waals surface area contributed by atoms with Crippen LogP contribution in [-0.2, 0) is 6.54 Å². The van der Waals surface area contributed by atoms with E-state index in [2.05, 4.69) is 17.5 Å². The van der Waals surface area contributed by atoms with Crippen molar-refractivity contribution < 1.29 is 9.84 Å². The molecule has 1 aliphatic heterocycles. The van der Waals surface area contributed by atoms with Crippen molar-refractivity contribution in [1.82, 2.24) is 4.90 Å². The van der Waals surface area contributed by atoms with Gasteiger partial charge in [-0.3, -0.25) is 4.90 Å². The first-order valence-electron chi connectivity index (χ1n) is 6.51. The van der Waals surface area contributed by atoms with Gasteiger partial charge >= 0.3 is 0 Å². The van der Waals surface area contributed by atoms with Crippen molar-refractivity contribution in [3.8, 4) is 5.75 Å². The largest absolute Gasteiger partial charge is 0.489 e. The van der Waals surface area contributed by atoms with Crippen LogP contribution < -0.4 is 4.74 Å². The van der Waals surface area contributed by atoms with Gasteiger partial charge in [0.2, 0.25) is 0 Å². The summed E-state index contributed by atoms with van der Waals surface area (Å²) in [5.41, 5.74) is 1.17. The molecule has 0 aliphatic carbocycles. The summed E-state index contributed by atoms with van der Waals surface area (Å²) in [5, 5.41) is 9.68. The van der Waals surface area contributed by atoms with Crippen LogP contribution in [-0.4, -0.2) is 35.8 Å². The van der Waals surface area contributed by atoms with E-state index in [0.717, 1.165) is 38.2 Å². The first-order valence-corrected chi connectivity index (χ1v) is 6.51. The molecule has 0 aromatic heterocycles. The number of piperidine rings is 1. The Labute approximate surface area is 109 Å². The van der Waals surface area contributed by atoms with Crippen LogP contribution in [0.3, 0.4) is 0 Å². The van der Waals surface area contributed by atoms with Crippen LogP contribution in [0, 0.1) is 0 Å². The van der Waals surface area contributed by atoms with Gasteiger partial charge in [0, 0.05) is 18.7 Å². The van der Waals surface area contributed by atoms with E-state index in [1.165, 1.54) is 5.56 Å². The number of rotatable bonds is 5. The van der Waals surface area contributed by atoms with Gasteiger partial charge in [-0.05, 0) is 25.5 Å². The molecule has 0 amide bonds. The molecule has 3 heteroatoms. The third-order valence-electron chi connectivity index (χ3n) is 3.20. The maximum Gasteiger partial charge on any atom is 0.124 e. The molecule has 1 aromatic carbocycles. The second kappa shape index (κ2) is 6.57. The predicted molar refractivity (Wildman–Crippen MR) is 72.7 cm³/mol.